The minimum absolute atomic E-state index is 0.374. The van der Waals surface area contributed by atoms with E-state index >= 15 is 0 Å². The molecule has 0 aliphatic carbocycles. The molecule has 19 heavy (non-hydrogen) atoms. The quantitative estimate of drug-likeness (QED) is 0.897. The number of nitrogens with zero attached hydrogens (tertiary/aromatic N) is 1. The summed E-state index contributed by atoms with van der Waals surface area (Å²) in [5.41, 5.74) is 5.84. The first-order chi connectivity index (χ1) is 8.90. The first-order valence-electron chi connectivity index (χ1n) is 6.16. The molecule has 0 bridgehead atoms. The van der Waals surface area contributed by atoms with Crippen LogP contribution >= 0.6 is 0 Å². The summed E-state index contributed by atoms with van der Waals surface area (Å²) in [5.74, 6) is 1.08. The van der Waals surface area contributed by atoms with Crippen molar-refractivity contribution in [2.45, 2.75) is 25.9 Å². The van der Waals surface area contributed by atoms with E-state index in [1.54, 1.807) is 0 Å². The van der Waals surface area contributed by atoms with E-state index in [4.69, 9.17) is 5.73 Å². The third-order valence-corrected chi connectivity index (χ3v) is 3.13. The van der Waals surface area contributed by atoms with Crippen molar-refractivity contribution in [2.24, 2.45) is 11.7 Å². The molecule has 0 spiro atoms. The van der Waals surface area contributed by atoms with Gasteiger partial charge >= 0.3 is 6.18 Å². The third kappa shape index (κ3) is 3.26. The normalized spacial score (nSPS) is 13.9. The van der Waals surface area contributed by atoms with Crippen molar-refractivity contribution in [3.05, 3.63) is 29.6 Å². The molecule has 0 aliphatic rings. The van der Waals surface area contributed by atoms with Gasteiger partial charge in [-0.25, -0.2) is 4.98 Å². The Bertz CT molecular complexity index is 560. The highest BCUT2D eigenvalue weighted by atomic mass is 19.4. The number of aryl methyl sites for hydroxylation is 1. The standard InChI is InChI=1S/C13H16F3N3/c1-8(7-17)2-5-12-18-10-4-3-9(13(14,15)16)6-11(10)19-12/h3-4,6,8H,2,5,7,17H2,1H3,(H,18,19). The zero-order valence-corrected chi connectivity index (χ0v) is 10.6. The van der Waals surface area contributed by atoms with Gasteiger partial charge in [0.1, 0.15) is 5.82 Å². The molecule has 1 aromatic heterocycles. The first-order valence-corrected chi connectivity index (χ1v) is 6.16. The highest BCUT2D eigenvalue weighted by Crippen LogP contribution is 2.30. The molecule has 1 heterocycles. The molecule has 1 unspecified atom stereocenters. The molecule has 104 valence electrons. The monoisotopic (exact) mass is 271 g/mol. The van der Waals surface area contributed by atoms with Crippen molar-refractivity contribution in [3.63, 3.8) is 0 Å². The topological polar surface area (TPSA) is 54.7 Å². The van der Waals surface area contributed by atoms with E-state index in [1.807, 2.05) is 6.92 Å². The summed E-state index contributed by atoms with van der Waals surface area (Å²) in [5, 5.41) is 0. The van der Waals surface area contributed by atoms with Crippen molar-refractivity contribution in [1.82, 2.24) is 9.97 Å². The maximum Gasteiger partial charge on any atom is 0.416 e. The number of aromatic amines is 1. The van der Waals surface area contributed by atoms with Gasteiger partial charge < -0.3 is 10.7 Å². The Morgan fingerprint density at radius 3 is 2.74 bits per heavy atom. The van der Waals surface area contributed by atoms with E-state index < -0.39 is 11.7 Å². The summed E-state index contributed by atoms with van der Waals surface area (Å²) in [7, 11) is 0. The number of H-pyrrole nitrogens is 1. The smallest absolute Gasteiger partial charge is 0.342 e. The minimum atomic E-state index is -4.33. The molecule has 0 aliphatic heterocycles. The summed E-state index contributed by atoms with van der Waals surface area (Å²) in [6.45, 7) is 2.63. The van der Waals surface area contributed by atoms with E-state index in [1.165, 1.54) is 6.07 Å². The van der Waals surface area contributed by atoms with Crippen LogP contribution in [0.2, 0.25) is 0 Å². The molecule has 6 heteroatoms. The molecule has 0 saturated heterocycles. The van der Waals surface area contributed by atoms with Crippen LogP contribution in [0.25, 0.3) is 11.0 Å². The Morgan fingerprint density at radius 2 is 2.11 bits per heavy atom. The van der Waals surface area contributed by atoms with E-state index in [0.717, 1.165) is 18.6 Å². The number of hydrogen-bond acceptors (Lipinski definition) is 2. The van der Waals surface area contributed by atoms with Gasteiger partial charge in [0.2, 0.25) is 0 Å². The van der Waals surface area contributed by atoms with Gasteiger partial charge in [0, 0.05) is 6.42 Å². The molecule has 0 fully saturated rings. The van der Waals surface area contributed by atoms with Gasteiger partial charge in [-0.1, -0.05) is 6.92 Å². The number of aromatic nitrogens is 2. The Balaban J connectivity index is 2.21. The Kier molecular flexibility index (Phi) is 3.80. The second-order valence-corrected chi connectivity index (χ2v) is 4.79. The molecule has 2 aromatic rings. The number of nitrogens with two attached hydrogens (primary N) is 1. The van der Waals surface area contributed by atoms with Crippen molar-refractivity contribution < 1.29 is 13.2 Å². The zero-order valence-electron chi connectivity index (χ0n) is 10.6. The van der Waals surface area contributed by atoms with Crippen molar-refractivity contribution in [1.29, 1.82) is 0 Å². The van der Waals surface area contributed by atoms with Crippen LogP contribution < -0.4 is 5.73 Å². The third-order valence-electron chi connectivity index (χ3n) is 3.13. The summed E-state index contributed by atoms with van der Waals surface area (Å²) in [4.78, 5) is 7.21. The van der Waals surface area contributed by atoms with Crippen LogP contribution in [0.15, 0.2) is 18.2 Å². The second kappa shape index (κ2) is 5.21. The van der Waals surface area contributed by atoms with E-state index in [-0.39, 0.29) is 0 Å². The second-order valence-electron chi connectivity index (χ2n) is 4.79. The van der Waals surface area contributed by atoms with Gasteiger partial charge in [-0.15, -0.1) is 0 Å². The number of nitrogens with one attached hydrogen (secondary N) is 1. The molecule has 3 nitrogen and oxygen atoms in total. The van der Waals surface area contributed by atoms with Gasteiger partial charge in [0.25, 0.3) is 0 Å². The number of hydrogen-bond donors (Lipinski definition) is 2. The van der Waals surface area contributed by atoms with E-state index in [2.05, 4.69) is 9.97 Å². The van der Waals surface area contributed by atoms with Gasteiger partial charge in [-0.3, -0.25) is 0 Å². The van der Waals surface area contributed by atoms with Crippen LogP contribution in [0, 0.1) is 5.92 Å². The number of imidazole rings is 1. The lowest BCUT2D eigenvalue weighted by atomic mass is 10.1. The van der Waals surface area contributed by atoms with Gasteiger partial charge in [0.05, 0.1) is 16.6 Å². The maximum absolute atomic E-state index is 12.6. The van der Waals surface area contributed by atoms with E-state index in [0.29, 0.717) is 35.7 Å². The lowest BCUT2D eigenvalue weighted by molar-refractivity contribution is -0.137. The molecular weight excluding hydrogens is 255 g/mol. The van der Waals surface area contributed by atoms with Crippen LogP contribution in [0.4, 0.5) is 13.2 Å². The fourth-order valence-electron chi connectivity index (χ4n) is 1.86. The fraction of sp³-hybridized carbons (Fsp3) is 0.462. The lowest BCUT2D eigenvalue weighted by Gasteiger charge is -2.05. The van der Waals surface area contributed by atoms with Crippen LogP contribution in [-0.2, 0) is 12.6 Å². The summed E-state index contributed by atoms with van der Waals surface area (Å²) < 4.78 is 37.7. The van der Waals surface area contributed by atoms with Crippen LogP contribution in [0.1, 0.15) is 24.7 Å². The maximum atomic E-state index is 12.6. The summed E-state index contributed by atoms with van der Waals surface area (Å²) in [6, 6.07) is 3.54. The van der Waals surface area contributed by atoms with Crippen LogP contribution in [-0.4, -0.2) is 16.5 Å². The van der Waals surface area contributed by atoms with Crippen LogP contribution in [0.3, 0.4) is 0 Å². The predicted octanol–water partition coefficient (Wildman–Crippen LogP) is 3.11. The van der Waals surface area contributed by atoms with Gasteiger partial charge in [-0.2, -0.15) is 13.2 Å². The molecule has 1 aromatic carbocycles. The lowest BCUT2D eigenvalue weighted by Crippen LogP contribution is -2.11. The molecule has 0 radical (unpaired) electrons. The fourth-order valence-corrected chi connectivity index (χ4v) is 1.86. The molecule has 0 amide bonds. The van der Waals surface area contributed by atoms with Crippen molar-refractivity contribution >= 4 is 11.0 Å². The highest BCUT2D eigenvalue weighted by molar-refractivity contribution is 5.76. The Labute approximate surface area is 109 Å². The average molecular weight is 271 g/mol. The number of benzene rings is 1. The van der Waals surface area contributed by atoms with Crippen molar-refractivity contribution in [3.8, 4) is 0 Å². The van der Waals surface area contributed by atoms with Crippen molar-refractivity contribution in [2.75, 3.05) is 6.54 Å². The van der Waals surface area contributed by atoms with E-state index in [9.17, 15) is 13.2 Å². The zero-order chi connectivity index (χ0) is 14.0. The van der Waals surface area contributed by atoms with Gasteiger partial charge in [-0.05, 0) is 37.1 Å². The molecule has 2 rings (SSSR count). The molecule has 0 saturated carbocycles. The molecular formula is C13H16F3N3. The number of alkyl halides is 3. The number of halogens is 3. The molecule has 1 atom stereocenters. The highest BCUT2D eigenvalue weighted by Gasteiger charge is 2.30. The number of fused-ring (bicyclic) bond motifs is 1. The SMILES string of the molecule is CC(CN)CCc1nc2ccc(C(F)(F)F)cc2[nH]1. The largest absolute Gasteiger partial charge is 0.416 e. The number of rotatable bonds is 4. The summed E-state index contributed by atoms with van der Waals surface area (Å²) >= 11 is 0. The minimum Gasteiger partial charge on any atom is -0.342 e. The Hall–Kier alpha value is -1.56. The predicted molar refractivity (Wildman–Crippen MR) is 67.6 cm³/mol. The first kappa shape index (κ1) is 13.9. The summed E-state index contributed by atoms with van der Waals surface area (Å²) in [6.07, 6.45) is -2.77. The van der Waals surface area contributed by atoms with Crippen LogP contribution in [0.5, 0.6) is 0 Å². The average Bonchev–Trinajstić information content (AvgIpc) is 2.76. The Morgan fingerprint density at radius 1 is 1.37 bits per heavy atom. The molecule has 3 N–H and O–H groups in total. The van der Waals surface area contributed by atoms with Gasteiger partial charge in [0.15, 0.2) is 0 Å².